The van der Waals surface area contributed by atoms with Gasteiger partial charge < -0.3 is 5.11 Å². The van der Waals surface area contributed by atoms with Crippen LogP contribution in [-0.2, 0) is 13.1 Å². The topological polar surface area (TPSA) is 39.6 Å². The van der Waals surface area contributed by atoms with Crippen LogP contribution in [0, 0.1) is 0 Å². The minimum atomic E-state index is 0.322. The number of benzene rings is 1. The Morgan fingerprint density at radius 1 is 1.17 bits per heavy atom. The summed E-state index contributed by atoms with van der Waals surface area (Å²) in [6, 6.07) is 14.3. The first-order chi connectivity index (χ1) is 11.7. The van der Waals surface area contributed by atoms with Gasteiger partial charge in [-0.25, -0.2) is 0 Å². The Kier molecular flexibility index (Phi) is 5.83. The number of likely N-dealkylation sites (tertiary alicyclic amines) is 1. The van der Waals surface area contributed by atoms with Crippen molar-refractivity contribution in [2.45, 2.75) is 38.9 Å². The second kappa shape index (κ2) is 8.27. The first-order valence-electron chi connectivity index (χ1n) is 8.89. The number of aromatic nitrogens is 1. The van der Waals surface area contributed by atoms with Gasteiger partial charge in [-0.05, 0) is 55.8 Å². The van der Waals surface area contributed by atoms with Gasteiger partial charge in [0.05, 0.1) is 5.69 Å². The number of nitrogens with zero attached hydrogens (tertiary/aromatic N) is 3. The predicted molar refractivity (Wildman–Crippen MR) is 96.7 cm³/mol. The maximum absolute atomic E-state index is 9.49. The minimum absolute atomic E-state index is 0.322. The van der Waals surface area contributed by atoms with Gasteiger partial charge in [0.1, 0.15) is 5.75 Å². The summed E-state index contributed by atoms with van der Waals surface area (Å²) < 4.78 is 0. The Hall–Kier alpha value is -1.91. The molecule has 4 heteroatoms. The Bertz CT molecular complexity index is 615. The molecular formula is C20H27N3O. The van der Waals surface area contributed by atoms with Gasteiger partial charge in [-0.2, -0.15) is 0 Å². The van der Waals surface area contributed by atoms with Gasteiger partial charge in [-0.15, -0.1) is 0 Å². The first kappa shape index (κ1) is 16.9. The van der Waals surface area contributed by atoms with E-state index in [-0.39, 0.29) is 0 Å². The molecule has 1 fully saturated rings. The van der Waals surface area contributed by atoms with Crippen LogP contribution in [0.4, 0.5) is 0 Å². The van der Waals surface area contributed by atoms with Crippen LogP contribution in [0.1, 0.15) is 31.0 Å². The highest BCUT2D eigenvalue weighted by molar-refractivity contribution is 5.25. The molecule has 128 valence electrons. The maximum atomic E-state index is 9.49. The Balaban J connectivity index is 1.71. The van der Waals surface area contributed by atoms with Crippen LogP contribution in [0.15, 0.2) is 48.7 Å². The molecule has 1 aromatic heterocycles. The van der Waals surface area contributed by atoms with Crippen LogP contribution in [0.5, 0.6) is 5.75 Å². The Morgan fingerprint density at radius 3 is 2.71 bits per heavy atom. The van der Waals surface area contributed by atoms with Gasteiger partial charge in [0.15, 0.2) is 0 Å². The molecule has 0 radical (unpaired) electrons. The average Bonchev–Trinajstić information content (AvgIpc) is 3.05. The number of likely N-dealkylation sites (N-methyl/N-ethyl adjacent to an activating group) is 1. The molecule has 0 aliphatic carbocycles. The van der Waals surface area contributed by atoms with Crippen molar-refractivity contribution < 1.29 is 5.11 Å². The van der Waals surface area contributed by atoms with E-state index in [4.69, 9.17) is 0 Å². The van der Waals surface area contributed by atoms with Crippen molar-refractivity contribution >= 4 is 0 Å². The fraction of sp³-hybridized carbons (Fsp3) is 0.450. The number of rotatable bonds is 7. The summed E-state index contributed by atoms with van der Waals surface area (Å²) in [5.74, 6) is 0.322. The molecule has 2 aromatic rings. The van der Waals surface area contributed by atoms with Crippen LogP contribution in [0.3, 0.4) is 0 Å². The van der Waals surface area contributed by atoms with Crippen molar-refractivity contribution in [1.29, 1.82) is 0 Å². The summed E-state index contributed by atoms with van der Waals surface area (Å²) in [6.45, 7) is 7.40. The summed E-state index contributed by atoms with van der Waals surface area (Å²) in [6.07, 6.45) is 4.44. The quantitative estimate of drug-likeness (QED) is 0.848. The van der Waals surface area contributed by atoms with Crippen molar-refractivity contribution in [2.24, 2.45) is 0 Å². The smallest absolute Gasteiger partial charge is 0.115 e. The molecular weight excluding hydrogens is 298 g/mol. The van der Waals surface area contributed by atoms with Gasteiger partial charge in [0, 0.05) is 31.9 Å². The van der Waals surface area contributed by atoms with Crippen molar-refractivity contribution in [3.63, 3.8) is 0 Å². The number of hydrogen-bond donors (Lipinski definition) is 1. The normalized spacial score (nSPS) is 18.3. The molecule has 1 atom stereocenters. The molecule has 0 saturated carbocycles. The van der Waals surface area contributed by atoms with Crippen molar-refractivity contribution in [1.82, 2.24) is 14.8 Å². The van der Waals surface area contributed by atoms with E-state index in [0.717, 1.165) is 31.9 Å². The highest BCUT2D eigenvalue weighted by Gasteiger charge is 2.25. The maximum Gasteiger partial charge on any atom is 0.115 e. The highest BCUT2D eigenvalue weighted by Crippen LogP contribution is 2.20. The second-order valence-corrected chi connectivity index (χ2v) is 6.58. The molecule has 1 aliphatic heterocycles. The molecule has 0 unspecified atom stereocenters. The second-order valence-electron chi connectivity index (χ2n) is 6.58. The zero-order chi connectivity index (χ0) is 16.8. The van der Waals surface area contributed by atoms with E-state index in [1.807, 2.05) is 24.4 Å². The fourth-order valence-corrected chi connectivity index (χ4v) is 3.58. The summed E-state index contributed by atoms with van der Waals surface area (Å²) in [5, 5.41) is 9.49. The van der Waals surface area contributed by atoms with E-state index in [1.54, 1.807) is 12.1 Å². The number of phenols is 1. The summed E-state index contributed by atoms with van der Waals surface area (Å²) in [4.78, 5) is 9.56. The molecule has 4 nitrogen and oxygen atoms in total. The zero-order valence-electron chi connectivity index (χ0n) is 14.4. The van der Waals surface area contributed by atoms with Crippen LogP contribution in [0.25, 0.3) is 0 Å². The predicted octanol–water partition coefficient (Wildman–Crippen LogP) is 3.27. The van der Waals surface area contributed by atoms with E-state index in [0.29, 0.717) is 11.8 Å². The van der Waals surface area contributed by atoms with Gasteiger partial charge in [-0.3, -0.25) is 14.8 Å². The molecule has 24 heavy (non-hydrogen) atoms. The van der Waals surface area contributed by atoms with Crippen LogP contribution >= 0.6 is 0 Å². The van der Waals surface area contributed by atoms with E-state index >= 15 is 0 Å². The Labute approximate surface area is 144 Å². The summed E-state index contributed by atoms with van der Waals surface area (Å²) in [7, 11) is 0. The largest absolute Gasteiger partial charge is 0.508 e. The summed E-state index contributed by atoms with van der Waals surface area (Å²) >= 11 is 0. The number of aromatic hydroxyl groups is 1. The van der Waals surface area contributed by atoms with E-state index < -0.39 is 0 Å². The van der Waals surface area contributed by atoms with Crippen molar-refractivity contribution in [2.75, 3.05) is 19.6 Å². The van der Waals surface area contributed by atoms with Gasteiger partial charge in [0.25, 0.3) is 0 Å². The summed E-state index contributed by atoms with van der Waals surface area (Å²) in [5.41, 5.74) is 2.34. The zero-order valence-corrected chi connectivity index (χ0v) is 14.4. The number of hydrogen-bond acceptors (Lipinski definition) is 4. The van der Waals surface area contributed by atoms with Crippen molar-refractivity contribution in [3.05, 3.63) is 59.9 Å². The standard InChI is InChI=1S/C20H27N3O/c1-2-23-13-5-7-19(23)16-22(15-18-6-3-4-12-21-18)14-17-8-10-20(24)11-9-17/h3-4,6,8-12,19,24H,2,5,7,13-16H2,1H3/t19-/m0/s1. The number of phenolic OH excluding ortho intramolecular Hbond substituents is 1. The Morgan fingerprint density at radius 2 is 2.00 bits per heavy atom. The van der Waals surface area contributed by atoms with Crippen LogP contribution in [0.2, 0.25) is 0 Å². The lowest BCUT2D eigenvalue weighted by Crippen LogP contribution is -2.39. The van der Waals surface area contributed by atoms with E-state index in [1.165, 1.54) is 24.9 Å². The lowest BCUT2D eigenvalue weighted by atomic mass is 10.1. The molecule has 1 N–H and O–H groups in total. The minimum Gasteiger partial charge on any atom is -0.508 e. The third-order valence-corrected chi connectivity index (χ3v) is 4.83. The van der Waals surface area contributed by atoms with E-state index in [2.05, 4.69) is 33.8 Å². The molecule has 0 spiro atoms. The lowest BCUT2D eigenvalue weighted by Gasteiger charge is -2.30. The van der Waals surface area contributed by atoms with Gasteiger partial charge in [-0.1, -0.05) is 25.1 Å². The first-order valence-corrected chi connectivity index (χ1v) is 8.89. The molecule has 1 aliphatic rings. The van der Waals surface area contributed by atoms with Gasteiger partial charge in [0.2, 0.25) is 0 Å². The van der Waals surface area contributed by atoms with E-state index in [9.17, 15) is 5.11 Å². The van der Waals surface area contributed by atoms with Crippen LogP contribution in [-0.4, -0.2) is 45.6 Å². The third-order valence-electron chi connectivity index (χ3n) is 4.83. The monoisotopic (exact) mass is 325 g/mol. The molecule has 2 heterocycles. The molecule has 3 rings (SSSR count). The fourth-order valence-electron chi connectivity index (χ4n) is 3.58. The van der Waals surface area contributed by atoms with Gasteiger partial charge >= 0.3 is 0 Å². The number of pyridine rings is 1. The highest BCUT2D eigenvalue weighted by atomic mass is 16.3. The molecule has 1 saturated heterocycles. The lowest BCUT2D eigenvalue weighted by molar-refractivity contribution is 0.164. The van der Waals surface area contributed by atoms with Crippen molar-refractivity contribution in [3.8, 4) is 5.75 Å². The third kappa shape index (κ3) is 4.56. The van der Waals surface area contributed by atoms with Crippen LogP contribution < -0.4 is 0 Å². The average molecular weight is 325 g/mol. The molecule has 0 amide bonds. The molecule has 0 bridgehead atoms. The molecule has 1 aromatic carbocycles. The SMILES string of the molecule is CCN1CCC[C@H]1CN(Cc1ccc(O)cc1)Cc1ccccn1.